The van der Waals surface area contributed by atoms with Gasteiger partial charge in [-0.05, 0) is 18.6 Å². The van der Waals surface area contributed by atoms with Gasteiger partial charge in [0, 0.05) is 32.2 Å². The molecule has 1 unspecified atom stereocenters. The molecule has 21 heavy (non-hydrogen) atoms. The van der Waals surface area contributed by atoms with Gasteiger partial charge in [0.15, 0.2) is 0 Å². The van der Waals surface area contributed by atoms with E-state index in [0.717, 1.165) is 32.7 Å². The van der Waals surface area contributed by atoms with Crippen molar-refractivity contribution in [3.8, 4) is 0 Å². The lowest BCUT2D eigenvalue weighted by molar-refractivity contribution is 0.0197. The maximum Gasteiger partial charge on any atom is 0.245 e. The van der Waals surface area contributed by atoms with Crippen molar-refractivity contribution in [3.05, 3.63) is 24.3 Å². The second kappa shape index (κ2) is 5.92. The average Bonchev–Trinajstić information content (AvgIpc) is 2.99. The Labute approximate surface area is 125 Å². The lowest BCUT2D eigenvalue weighted by Crippen LogP contribution is -2.45. The topological polar surface area (TPSA) is 75.9 Å². The van der Waals surface area contributed by atoms with E-state index in [1.54, 1.807) is 28.6 Å². The van der Waals surface area contributed by atoms with E-state index >= 15 is 0 Å². The molecule has 1 atom stereocenters. The summed E-state index contributed by atoms with van der Waals surface area (Å²) in [5.41, 5.74) is 6.13. The number of morpholine rings is 1. The van der Waals surface area contributed by atoms with Gasteiger partial charge in [0.2, 0.25) is 10.0 Å². The number of benzene rings is 1. The largest absolute Gasteiger partial charge is 0.398 e. The van der Waals surface area contributed by atoms with E-state index in [0.29, 0.717) is 18.8 Å². The molecule has 2 aliphatic rings. The number of nitrogen functional groups attached to an aromatic ring is 1. The normalized spacial score (nSPS) is 25.2. The lowest BCUT2D eigenvalue weighted by Gasteiger charge is -2.32. The standard InChI is InChI=1S/C14H21N3O3S/c15-13-3-1-2-4-14(13)21(18,19)17-6-5-12(11-17)16-7-9-20-10-8-16/h1-4,12H,5-11,15H2. The summed E-state index contributed by atoms with van der Waals surface area (Å²) in [4.78, 5) is 2.54. The van der Waals surface area contributed by atoms with Crippen LogP contribution in [0.25, 0.3) is 0 Å². The highest BCUT2D eigenvalue weighted by Crippen LogP contribution is 2.27. The maximum absolute atomic E-state index is 12.7. The lowest BCUT2D eigenvalue weighted by atomic mass is 10.2. The molecule has 2 heterocycles. The molecule has 0 radical (unpaired) electrons. The zero-order valence-electron chi connectivity index (χ0n) is 11.9. The second-order valence-electron chi connectivity index (χ2n) is 5.49. The first-order valence-corrected chi connectivity index (χ1v) is 8.69. The van der Waals surface area contributed by atoms with Crippen molar-refractivity contribution < 1.29 is 13.2 Å². The Morgan fingerprint density at radius 1 is 1.14 bits per heavy atom. The molecule has 1 aromatic rings. The Balaban J connectivity index is 1.74. The summed E-state index contributed by atoms with van der Waals surface area (Å²) in [6.07, 6.45) is 0.867. The van der Waals surface area contributed by atoms with Crippen LogP contribution in [0.4, 0.5) is 5.69 Å². The molecule has 0 bridgehead atoms. The highest BCUT2D eigenvalue weighted by molar-refractivity contribution is 7.89. The SMILES string of the molecule is Nc1ccccc1S(=O)(=O)N1CCC(N2CCOCC2)C1. The highest BCUT2D eigenvalue weighted by Gasteiger charge is 2.36. The summed E-state index contributed by atoms with van der Waals surface area (Å²) in [6.45, 7) is 4.32. The molecule has 2 aliphatic heterocycles. The summed E-state index contributed by atoms with van der Waals surface area (Å²) < 4.78 is 32.3. The van der Waals surface area contributed by atoms with Crippen molar-refractivity contribution in [1.29, 1.82) is 0 Å². The number of anilines is 1. The highest BCUT2D eigenvalue weighted by atomic mass is 32.2. The van der Waals surface area contributed by atoms with Gasteiger partial charge in [-0.2, -0.15) is 4.31 Å². The number of para-hydroxylation sites is 1. The zero-order chi connectivity index (χ0) is 14.9. The molecule has 0 aromatic heterocycles. The molecule has 0 amide bonds. The maximum atomic E-state index is 12.7. The Bertz CT molecular complexity index is 599. The Hall–Kier alpha value is -1.15. The number of hydrogen-bond donors (Lipinski definition) is 1. The summed E-state index contributed by atoms with van der Waals surface area (Å²) >= 11 is 0. The molecule has 2 N–H and O–H groups in total. The molecule has 6 nitrogen and oxygen atoms in total. The fourth-order valence-corrected chi connectivity index (χ4v) is 4.63. The van der Waals surface area contributed by atoms with E-state index in [9.17, 15) is 8.42 Å². The summed E-state index contributed by atoms with van der Waals surface area (Å²) in [5, 5.41) is 0. The average molecular weight is 311 g/mol. The van der Waals surface area contributed by atoms with Crippen molar-refractivity contribution in [3.63, 3.8) is 0 Å². The van der Waals surface area contributed by atoms with E-state index < -0.39 is 10.0 Å². The van der Waals surface area contributed by atoms with Gasteiger partial charge in [0.25, 0.3) is 0 Å². The van der Waals surface area contributed by atoms with Crippen LogP contribution < -0.4 is 5.73 Å². The molecule has 2 fully saturated rings. The Morgan fingerprint density at radius 3 is 2.57 bits per heavy atom. The third-order valence-corrected chi connectivity index (χ3v) is 6.16. The van der Waals surface area contributed by atoms with E-state index in [2.05, 4.69) is 4.90 Å². The minimum absolute atomic E-state index is 0.215. The van der Waals surface area contributed by atoms with Crippen LogP contribution >= 0.6 is 0 Å². The number of sulfonamides is 1. The molecule has 1 aromatic carbocycles. The molecule has 7 heteroatoms. The first-order chi connectivity index (χ1) is 10.1. The zero-order valence-corrected chi connectivity index (χ0v) is 12.8. The van der Waals surface area contributed by atoms with Gasteiger partial charge in [0.1, 0.15) is 4.90 Å². The molecular formula is C14H21N3O3S. The van der Waals surface area contributed by atoms with Crippen LogP contribution in [0, 0.1) is 0 Å². The molecule has 0 aliphatic carbocycles. The first-order valence-electron chi connectivity index (χ1n) is 7.25. The Kier molecular flexibility index (Phi) is 4.17. The first kappa shape index (κ1) is 14.8. The van der Waals surface area contributed by atoms with E-state index in [-0.39, 0.29) is 10.9 Å². The van der Waals surface area contributed by atoms with Crippen LogP contribution in [-0.4, -0.2) is 63.1 Å². The van der Waals surface area contributed by atoms with Crippen LogP contribution in [0.3, 0.4) is 0 Å². The second-order valence-corrected chi connectivity index (χ2v) is 7.40. The predicted molar refractivity (Wildman–Crippen MR) is 80.4 cm³/mol. The number of ether oxygens (including phenoxy) is 1. The fraction of sp³-hybridized carbons (Fsp3) is 0.571. The predicted octanol–water partition coefficient (Wildman–Crippen LogP) is 0.364. The molecule has 116 valence electrons. The minimum Gasteiger partial charge on any atom is -0.398 e. The van der Waals surface area contributed by atoms with Crippen LogP contribution in [-0.2, 0) is 14.8 Å². The number of hydrogen-bond acceptors (Lipinski definition) is 5. The number of nitrogens with two attached hydrogens (primary N) is 1. The van der Waals surface area contributed by atoms with Crippen molar-refractivity contribution in [2.24, 2.45) is 0 Å². The van der Waals surface area contributed by atoms with Crippen LogP contribution in [0.15, 0.2) is 29.2 Å². The van der Waals surface area contributed by atoms with Crippen molar-refractivity contribution in [1.82, 2.24) is 9.21 Å². The van der Waals surface area contributed by atoms with Crippen molar-refractivity contribution in [2.45, 2.75) is 17.4 Å². The summed E-state index contributed by atoms with van der Waals surface area (Å²) in [7, 11) is -3.49. The molecule has 3 rings (SSSR count). The van der Waals surface area contributed by atoms with Gasteiger partial charge in [-0.1, -0.05) is 12.1 Å². The quantitative estimate of drug-likeness (QED) is 0.816. The molecule has 0 spiro atoms. The van der Waals surface area contributed by atoms with Gasteiger partial charge in [-0.15, -0.1) is 0 Å². The third kappa shape index (κ3) is 2.91. The molecular weight excluding hydrogens is 290 g/mol. The van der Waals surface area contributed by atoms with Crippen LogP contribution in [0.5, 0.6) is 0 Å². The van der Waals surface area contributed by atoms with Gasteiger partial charge >= 0.3 is 0 Å². The van der Waals surface area contributed by atoms with Gasteiger partial charge in [-0.3, -0.25) is 4.90 Å². The van der Waals surface area contributed by atoms with Crippen LogP contribution in [0.2, 0.25) is 0 Å². The Morgan fingerprint density at radius 2 is 1.86 bits per heavy atom. The minimum atomic E-state index is -3.49. The van der Waals surface area contributed by atoms with E-state index in [1.165, 1.54) is 0 Å². The molecule has 0 saturated carbocycles. The molecule has 2 saturated heterocycles. The number of rotatable bonds is 3. The van der Waals surface area contributed by atoms with E-state index in [1.807, 2.05) is 0 Å². The summed E-state index contributed by atoms with van der Waals surface area (Å²) in [5.74, 6) is 0. The summed E-state index contributed by atoms with van der Waals surface area (Å²) in [6, 6.07) is 6.94. The van der Waals surface area contributed by atoms with Gasteiger partial charge in [-0.25, -0.2) is 8.42 Å². The van der Waals surface area contributed by atoms with Crippen molar-refractivity contribution in [2.75, 3.05) is 45.1 Å². The smallest absolute Gasteiger partial charge is 0.245 e. The van der Waals surface area contributed by atoms with Gasteiger partial charge < -0.3 is 10.5 Å². The van der Waals surface area contributed by atoms with Gasteiger partial charge in [0.05, 0.1) is 18.9 Å². The van der Waals surface area contributed by atoms with E-state index in [4.69, 9.17) is 10.5 Å². The fourth-order valence-electron chi connectivity index (χ4n) is 3.02. The number of nitrogens with zero attached hydrogens (tertiary/aromatic N) is 2. The van der Waals surface area contributed by atoms with Crippen molar-refractivity contribution >= 4 is 15.7 Å². The third-order valence-electron chi connectivity index (χ3n) is 4.23. The van der Waals surface area contributed by atoms with Crippen LogP contribution in [0.1, 0.15) is 6.42 Å². The monoisotopic (exact) mass is 311 g/mol.